The molecule has 0 radical (unpaired) electrons. The molecule has 2 fully saturated rings. The topological polar surface area (TPSA) is 44.8 Å². The molecule has 1 N–H and O–H groups in total. The van der Waals surface area contributed by atoms with Gasteiger partial charge in [0.05, 0.1) is 24.6 Å². The summed E-state index contributed by atoms with van der Waals surface area (Å²) < 4.78 is 45.4. The molecule has 2 aromatic carbocycles. The Kier molecular flexibility index (Phi) is 6.18. The Balaban J connectivity index is 1.44. The minimum atomic E-state index is -4.41. The highest BCUT2D eigenvalue weighted by Crippen LogP contribution is 2.41. The lowest BCUT2D eigenvalue weighted by Crippen LogP contribution is -2.61. The van der Waals surface area contributed by atoms with Gasteiger partial charge in [-0.3, -0.25) is 9.69 Å². The Morgan fingerprint density at radius 3 is 2.47 bits per heavy atom. The second kappa shape index (κ2) is 9.13. The van der Waals surface area contributed by atoms with E-state index < -0.39 is 17.7 Å². The molecule has 34 heavy (non-hydrogen) atoms. The molecule has 0 bridgehead atoms. The third kappa shape index (κ3) is 4.48. The van der Waals surface area contributed by atoms with Crippen molar-refractivity contribution in [1.82, 2.24) is 4.90 Å². The maximum atomic E-state index is 13.5. The molecule has 2 aliphatic heterocycles. The SMILES string of the molecule is COc1ccc(NC(=O)C2Cc3cc(C(F)(F)F)ccc3N3CCN(C4CCCC4)CC23)cc1. The number of hydrogen-bond donors (Lipinski definition) is 1. The fraction of sp³-hybridized carbons (Fsp3) is 0.500. The molecule has 0 spiro atoms. The first-order valence-corrected chi connectivity index (χ1v) is 12.0. The van der Waals surface area contributed by atoms with Gasteiger partial charge in [0.2, 0.25) is 5.91 Å². The Bertz CT molecular complexity index is 1030. The van der Waals surface area contributed by atoms with Crippen LogP contribution in [0.5, 0.6) is 5.75 Å². The lowest BCUT2D eigenvalue weighted by molar-refractivity contribution is -0.137. The number of methoxy groups -OCH3 is 1. The first-order valence-electron chi connectivity index (χ1n) is 12.0. The second-order valence-corrected chi connectivity index (χ2v) is 9.56. The van der Waals surface area contributed by atoms with Gasteiger partial charge >= 0.3 is 6.18 Å². The molecule has 2 heterocycles. The maximum Gasteiger partial charge on any atom is 0.416 e. The summed E-state index contributed by atoms with van der Waals surface area (Å²) >= 11 is 0. The number of alkyl halides is 3. The number of carbonyl (C=O) groups is 1. The highest BCUT2D eigenvalue weighted by atomic mass is 19.4. The van der Waals surface area contributed by atoms with Crippen LogP contribution in [0.3, 0.4) is 0 Å². The number of hydrogen-bond acceptors (Lipinski definition) is 4. The summed E-state index contributed by atoms with van der Waals surface area (Å²) in [5.41, 5.74) is 1.41. The van der Waals surface area contributed by atoms with Crippen molar-refractivity contribution in [2.24, 2.45) is 5.92 Å². The fourth-order valence-electron chi connectivity index (χ4n) is 5.83. The van der Waals surface area contributed by atoms with E-state index in [1.54, 1.807) is 37.4 Å². The van der Waals surface area contributed by atoms with E-state index in [2.05, 4.69) is 15.1 Å². The van der Waals surface area contributed by atoms with E-state index >= 15 is 0 Å². The molecule has 0 aromatic heterocycles. The van der Waals surface area contributed by atoms with Gasteiger partial charge in [-0.05, 0) is 67.3 Å². The van der Waals surface area contributed by atoms with Crippen LogP contribution in [0.1, 0.15) is 36.8 Å². The highest BCUT2D eigenvalue weighted by Gasteiger charge is 2.44. The van der Waals surface area contributed by atoms with Gasteiger partial charge in [0.1, 0.15) is 5.75 Å². The zero-order valence-electron chi connectivity index (χ0n) is 19.3. The third-order valence-electron chi connectivity index (χ3n) is 7.61. The predicted octanol–water partition coefficient (Wildman–Crippen LogP) is 4.96. The number of piperazine rings is 1. The van der Waals surface area contributed by atoms with Crippen molar-refractivity contribution >= 4 is 17.3 Å². The average Bonchev–Trinajstić information content (AvgIpc) is 3.38. The standard InChI is InChI=1S/C26H30F3N3O2/c1-34-21-9-7-19(8-10-21)30-25(33)22-15-17-14-18(26(27,28)29)6-11-23(17)32-13-12-31(16-24(22)32)20-4-2-3-5-20/h6-11,14,20,22,24H,2-5,12-13,15-16H2,1H3,(H,30,33). The summed E-state index contributed by atoms with van der Waals surface area (Å²) in [6.45, 7) is 2.34. The summed E-state index contributed by atoms with van der Waals surface area (Å²) in [5, 5.41) is 2.99. The molecular formula is C26H30F3N3O2. The molecule has 1 amide bonds. The van der Waals surface area contributed by atoms with Crippen molar-refractivity contribution in [2.45, 2.75) is 50.4 Å². The quantitative estimate of drug-likeness (QED) is 0.682. The minimum Gasteiger partial charge on any atom is -0.497 e. The third-order valence-corrected chi connectivity index (χ3v) is 7.61. The van der Waals surface area contributed by atoms with Gasteiger partial charge in [0, 0.05) is 37.1 Å². The molecule has 2 aromatic rings. The largest absolute Gasteiger partial charge is 0.497 e. The van der Waals surface area contributed by atoms with E-state index in [-0.39, 0.29) is 11.9 Å². The molecule has 1 aliphatic carbocycles. The van der Waals surface area contributed by atoms with E-state index in [1.807, 2.05) is 0 Å². The molecule has 1 saturated carbocycles. The molecule has 2 atom stereocenters. The van der Waals surface area contributed by atoms with E-state index in [9.17, 15) is 18.0 Å². The molecule has 5 rings (SSSR count). The van der Waals surface area contributed by atoms with Gasteiger partial charge in [-0.2, -0.15) is 13.2 Å². The van der Waals surface area contributed by atoms with Crippen LogP contribution in [0.2, 0.25) is 0 Å². The van der Waals surface area contributed by atoms with Crippen LogP contribution < -0.4 is 15.0 Å². The van der Waals surface area contributed by atoms with Gasteiger partial charge in [-0.25, -0.2) is 0 Å². The molecule has 8 heteroatoms. The van der Waals surface area contributed by atoms with Crippen LogP contribution in [0, 0.1) is 5.92 Å². The van der Waals surface area contributed by atoms with Crippen LogP contribution in [-0.4, -0.2) is 49.6 Å². The first kappa shape index (κ1) is 23.0. The normalized spacial score (nSPS) is 23.4. The van der Waals surface area contributed by atoms with Crippen molar-refractivity contribution in [3.8, 4) is 5.75 Å². The molecule has 5 nitrogen and oxygen atoms in total. The number of anilines is 2. The van der Waals surface area contributed by atoms with Gasteiger partial charge in [0.25, 0.3) is 0 Å². The lowest BCUT2D eigenvalue weighted by Gasteiger charge is -2.50. The summed E-state index contributed by atoms with van der Waals surface area (Å²) in [6.07, 6.45) is 0.719. The highest BCUT2D eigenvalue weighted by molar-refractivity contribution is 5.94. The van der Waals surface area contributed by atoms with Crippen LogP contribution >= 0.6 is 0 Å². The van der Waals surface area contributed by atoms with Crippen molar-refractivity contribution in [3.63, 3.8) is 0 Å². The second-order valence-electron chi connectivity index (χ2n) is 9.56. The van der Waals surface area contributed by atoms with Gasteiger partial charge < -0.3 is 15.0 Å². The Hall–Kier alpha value is -2.74. The van der Waals surface area contributed by atoms with E-state index in [0.717, 1.165) is 24.8 Å². The molecule has 182 valence electrons. The number of nitrogens with one attached hydrogen (secondary N) is 1. The number of halogens is 3. The van der Waals surface area contributed by atoms with Crippen LogP contribution in [-0.2, 0) is 17.4 Å². The Morgan fingerprint density at radius 2 is 1.79 bits per heavy atom. The van der Waals surface area contributed by atoms with Crippen LogP contribution in [0.4, 0.5) is 24.5 Å². The van der Waals surface area contributed by atoms with Crippen molar-refractivity contribution in [3.05, 3.63) is 53.6 Å². The van der Waals surface area contributed by atoms with Crippen molar-refractivity contribution < 1.29 is 22.7 Å². The van der Waals surface area contributed by atoms with Crippen molar-refractivity contribution in [1.29, 1.82) is 0 Å². The molecule has 1 saturated heterocycles. The number of amides is 1. The lowest BCUT2D eigenvalue weighted by atomic mass is 9.82. The summed E-state index contributed by atoms with van der Waals surface area (Å²) in [4.78, 5) is 18.2. The van der Waals surface area contributed by atoms with E-state index in [4.69, 9.17) is 4.74 Å². The summed E-state index contributed by atoms with van der Waals surface area (Å²) in [6, 6.07) is 11.6. The zero-order valence-corrected chi connectivity index (χ0v) is 19.3. The monoisotopic (exact) mass is 473 g/mol. The van der Waals surface area contributed by atoms with E-state index in [0.29, 0.717) is 36.0 Å². The average molecular weight is 474 g/mol. The van der Waals surface area contributed by atoms with Gasteiger partial charge in [-0.1, -0.05) is 12.8 Å². The Labute approximate surface area is 197 Å². The zero-order chi connectivity index (χ0) is 23.9. The minimum absolute atomic E-state index is 0.0724. The molecule has 3 aliphatic rings. The first-order chi connectivity index (χ1) is 16.3. The van der Waals surface area contributed by atoms with Gasteiger partial charge in [0.15, 0.2) is 0 Å². The number of fused-ring (bicyclic) bond motifs is 3. The predicted molar refractivity (Wildman–Crippen MR) is 125 cm³/mol. The van der Waals surface area contributed by atoms with E-state index in [1.165, 1.54) is 31.7 Å². The maximum absolute atomic E-state index is 13.5. The fourth-order valence-corrected chi connectivity index (χ4v) is 5.83. The summed E-state index contributed by atoms with van der Waals surface area (Å²) in [7, 11) is 1.58. The number of nitrogens with zero attached hydrogens (tertiary/aromatic N) is 2. The number of ether oxygens (including phenoxy) is 1. The van der Waals surface area contributed by atoms with Gasteiger partial charge in [-0.15, -0.1) is 0 Å². The van der Waals surface area contributed by atoms with Crippen LogP contribution in [0.15, 0.2) is 42.5 Å². The van der Waals surface area contributed by atoms with Crippen molar-refractivity contribution in [2.75, 3.05) is 37.0 Å². The number of carbonyl (C=O) groups excluding carboxylic acids is 1. The van der Waals surface area contributed by atoms with Crippen LogP contribution in [0.25, 0.3) is 0 Å². The smallest absolute Gasteiger partial charge is 0.416 e. The summed E-state index contributed by atoms with van der Waals surface area (Å²) in [5.74, 6) is 0.0914. The molecular weight excluding hydrogens is 443 g/mol. The Morgan fingerprint density at radius 1 is 1.06 bits per heavy atom. The number of benzene rings is 2. The molecule has 2 unspecified atom stereocenters. The number of rotatable bonds is 4.